The number of furan rings is 1. The highest BCUT2D eigenvalue weighted by Crippen LogP contribution is 2.27. The van der Waals surface area contributed by atoms with Gasteiger partial charge < -0.3 is 19.0 Å². The molecule has 1 N–H and O–H groups in total. The van der Waals surface area contributed by atoms with E-state index in [1.165, 1.54) is 13.2 Å². The molecule has 3 heterocycles. The summed E-state index contributed by atoms with van der Waals surface area (Å²) >= 11 is 0. The average molecular weight is 317 g/mol. The van der Waals surface area contributed by atoms with Crippen molar-refractivity contribution in [3.8, 4) is 5.95 Å². The summed E-state index contributed by atoms with van der Waals surface area (Å²) in [5.74, 6) is 1.06. The van der Waals surface area contributed by atoms with E-state index < -0.39 is 0 Å². The van der Waals surface area contributed by atoms with Gasteiger partial charge in [-0.1, -0.05) is 0 Å². The van der Waals surface area contributed by atoms with Gasteiger partial charge in [0, 0.05) is 31.1 Å². The number of H-pyrrole nitrogens is 1. The van der Waals surface area contributed by atoms with Crippen LogP contribution in [0.2, 0.25) is 0 Å². The highest BCUT2D eigenvalue weighted by molar-refractivity contribution is 5.91. The molecule has 0 aliphatic carbocycles. The molecule has 3 rings (SSSR count). The van der Waals surface area contributed by atoms with Gasteiger partial charge in [-0.15, -0.1) is 0 Å². The zero-order valence-corrected chi connectivity index (χ0v) is 13.2. The Morgan fingerprint density at radius 3 is 3.00 bits per heavy atom. The van der Waals surface area contributed by atoms with Crippen LogP contribution in [0.3, 0.4) is 0 Å². The third kappa shape index (κ3) is 3.28. The number of aryl methyl sites for hydroxylation is 1. The van der Waals surface area contributed by atoms with E-state index in [1.807, 2.05) is 0 Å². The molecule has 0 bridgehead atoms. The summed E-state index contributed by atoms with van der Waals surface area (Å²) in [6.07, 6.45) is 1.77. The van der Waals surface area contributed by atoms with Gasteiger partial charge in [0.25, 0.3) is 17.4 Å². The largest absolute Gasteiger partial charge is 0.468 e. The van der Waals surface area contributed by atoms with Crippen LogP contribution in [0.25, 0.3) is 0 Å². The van der Waals surface area contributed by atoms with Crippen molar-refractivity contribution in [2.75, 3.05) is 20.2 Å². The summed E-state index contributed by atoms with van der Waals surface area (Å²) in [4.78, 5) is 32.9. The first-order chi connectivity index (χ1) is 11.1. The van der Waals surface area contributed by atoms with E-state index in [9.17, 15) is 9.59 Å². The Morgan fingerprint density at radius 2 is 2.30 bits per heavy atom. The van der Waals surface area contributed by atoms with Crippen LogP contribution in [0.15, 0.2) is 27.4 Å². The number of methoxy groups -OCH3 is 1. The number of amides is 1. The molecule has 0 radical (unpaired) electrons. The Hall–Kier alpha value is -2.57. The minimum Gasteiger partial charge on any atom is -0.468 e. The van der Waals surface area contributed by atoms with Gasteiger partial charge in [0.1, 0.15) is 5.82 Å². The minimum absolute atomic E-state index is 0.0607. The van der Waals surface area contributed by atoms with Gasteiger partial charge >= 0.3 is 0 Å². The maximum Gasteiger partial charge on any atom is 0.289 e. The molecule has 2 aromatic rings. The van der Waals surface area contributed by atoms with E-state index in [0.29, 0.717) is 24.9 Å². The molecule has 23 heavy (non-hydrogen) atoms. The van der Waals surface area contributed by atoms with Crippen molar-refractivity contribution >= 4 is 5.91 Å². The number of ether oxygens (including phenoxy) is 1. The number of aromatic amines is 1. The number of nitrogens with one attached hydrogen (secondary N) is 1. The van der Waals surface area contributed by atoms with Gasteiger partial charge in [-0.25, -0.2) is 4.98 Å². The quantitative estimate of drug-likeness (QED) is 0.931. The molecule has 1 fully saturated rings. The van der Waals surface area contributed by atoms with E-state index in [2.05, 4.69) is 9.97 Å². The van der Waals surface area contributed by atoms with Crippen LogP contribution < -0.4 is 10.3 Å². The maximum absolute atomic E-state index is 12.5. The average Bonchev–Trinajstić information content (AvgIpc) is 3.02. The summed E-state index contributed by atoms with van der Waals surface area (Å²) in [6, 6.07) is 4.75. The molecule has 0 unspecified atom stereocenters. The number of aromatic nitrogens is 2. The Morgan fingerprint density at radius 1 is 1.48 bits per heavy atom. The van der Waals surface area contributed by atoms with Crippen LogP contribution in [-0.4, -0.2) is 41.0 Å². The normalized spacial score (nSPS) is 18.0. The fraction of sp³-hybridized carbons (Fsp3) is 0.438. The summed E-state index contributed by atoms with van der Waals surface area (Å²) in [5, 5.41) is 0. The molecule has 1 aliphatic rings. The number of piperidine rings is 1. The highest BCUT2D eigenvalue weighted by Gasteiger charge is 2.28. The zero-order valence-electron chi connectivity index (χ0n) is 13.2. The summed E-state index contributed by atoms with van der Waals surface area (Å²) in [5.41, 5.74) is 0.576. The first-order valence-electron chi connectivity index (χ1n) is 7.58. The van der Waals surface area contributed by atoms with Crippen LogP contribution in [0, 0.1) is 6.92 Å². The molecule has 7 heteroatoms. The first kappa shape index (κ1) is 15.3. The fourth-order valence-electron chi connectivity index (χ4n) is 2.92. The molecule has 7 nitrogen and oxygen atoms in total. The number of carbonyl (C=O) groups is 1. The molecule has 1 amide bonds. The van der Waals surface area contributed by atoms with Gasteiger partial charge in [-0.3, -0.25) is 9.59 Å². The Bertz CT molecular complexity index is 765. The molecular formula is C16H19N3O4. The van der Waals surface area contributed by atoms with Crippen molar-refractivity contribution < 1.29 is 13.9 Å². The van der Waals surface area contributed by atoms with Crippen molar-refractivity contribution in [2.24, 2.45) is 0 Å². The number of nitrogens with zero attached hydrogens (tertiary/aromatic N) is 2. The molecule has 1 aliphatic heterocycles. The van der Waals surface area contributed by atoms with Crippen LogP contribution in [0.4, 0.5) is 0 Å². The minimum atomic E-state index is -0.167. The Labute approximate surface area is 133 Å². The van der Waals surface area contributed by atoms with E-state index in [0.717, 1.165) is 18.5 Å². The first-order valence-corrected chi connectivity index (χ1v) is 7.58. The zero-order chi connectivity index (χ0) is 16.4. The van der Waals surface area contributed by atoms with E-state index in [-0.39, 0.29) is 23.1 Å². The van der Waals surface area contributed by atoms with E-state index in [4.69, 9.17) is 9.15 Å². The molecule has 0 aromatic carbocycles. The molecule has 1 atom stereocenters. The Kier molecular flexibility index (Phi) is 4.18. The molecular weight excluding hydrogens is 298 g/mol. The van der Waals surface area contributed by atoms with Crippen molar-refractivity contribution in [1.29, 1.82) is 0 Å². The molecule has 0 saturated carbocycles. The monoisotopic (exact) mass is 317 g/mol. The van der Waals surface area contributed by atoms with Crippen molar-refractivity contribution in [3.05, 3.63) is 45.8 Å². The molecule has 0 spiro atoms. The van der Waals surface area contributed by atoms with Crippen molar-refractivity contribution in [1.82, 2.24) is 14.9 Å². The number of rotatable bonds is 3. The van der Waals surface area contributed by atoms with E-state index in [1.54, 1.807) is 24.0 Å². The van der Waals surface area contributed by atoms with Gasteiger partial charge in [0.2, 0.25) is 0 Å². The van der Waals surface area contributed by atoms with Gasteiger partial charge in [-0.2, -0.15) is 0 Å². The number of carbonyl (C=O) groups excluding carboxylic acids is 1. The van der Waals surface area contributed by atoms with Crippen LogP contribution in [0.5, 0.6) is 5.95 Å². The van der Waals surface area contributed by atoms with Crippen molar-refractivity contribution in [2.45, 2.75) is 25.7 Å². The second-order valence-electron chi connectivity index (χ2n) is 5.67. The highest BCUT2D eigenvalue weighted by atomic mass is 16.6. The standard InChI is InChI=1S/C16H19N3O4/c1-10-17-12(8-14(20)18-10)11-4-3-7-19(9-11)16(21)13-5-6-15(22-2)23-13/h5-6,8,11H,3-4,7,9H2,1-2H3,(H,17,18,20)/t11-/m1/s1. The smallest absolute Gasteiger partial charge is 0.289 e. The third-order valence-electron chi connectivity index (χ3n) is 4.00. The topological polar surface area (TPSA) is 88.4 Å². The number of hydrogen-bond acceptors (Lipinski definition) is 5. The lowest BCUT2D eigenvalue weighted by Gasteiger charge is -2.31. The lowest BCUT2D eigenvalue weighted by atomic mass is 9.94. The van der Waals surface area contributed by atoms with Gasteiger partial charge in [0.05, 0.1) is 12.8 Å². The second-order valence-corrected chi connectivity index (χ2v) is 5.67. The summed E-state index contributed by atoms with van der Waals surface area (Å²) in [7, 11) is 1.49. The molecule has 2 aromatic heterocycles. The predicted octanol–water partition coefficient (Wildman–Crippen LogP) is 1.70. The number of hydrogen-bond donors (Lipinski definition) is 1. The van der Waals surface area contributed by atoms with Crippen LogP contribution >= 0.6 is 0 Å². The number of likely N-dealkylation sites (tertiary alicyclic amines) is 1. The second kappa shape index (κ2) is 6.28. The SMILES string of the molecule is COc1ccc(C(=O)N2CCC[C@@H](c3cc(=O)[nH]c(C)n3)C2)o1. The fourth-order valence-corrected chi connectivity index (χ4v) is 2.92. The van der Waals surface area contributed by atoms with Gasteiger partial charge in [-0.05, 0) is 25.8 Å². The van der Waals surface area contributed by atoms with Crippen LogP contribution in [-0.2, 0) is 0 Å². The lowest BCUT2D eigenvalue weighted by molar-refractivity contribution is 0.0667. The van der Waals surface area contributed by atoms with Crippen molar-refractivity contribution in [3.63, 3.8) is 0 Å². The third-order valence-corrected chi connectivity index (χ3v) is 4.00. The maximum atomic E-state index is 12.5. The Balaban J connectivity index is 1.77. The van der Waals surface area contributed by atoms with Gasteiger partial charge in [0.15, 0.2) is 5.76 Å². The molecule has 122 valence electrons. The predicted molar refractivity (Wildman–Crippen MR) is 82.7 cm³/mol. The van der Waals surface area contributed by atoms with E-state index >= 15 is 0 Å². The van der Waals surface area contributed by atoms with Crippen LogP contribution in [0.1, 0.15) is 40.8 Å². The lowest BCUT2D eigenvalue weighted by Crippen LogP contribution is -2.39. The summed E-state index contributed by atoms with van der Waals surface area (Å²) in [6.45, 7) is 2.95. The summed E-state index contributed by atoms with van der Waals surface area (Å²) < 4.78 is 10.3. The molecule has 1 saturated heterocycles.